The van der Waals surface area contributed by atoms with Gasteiger partial charge in [-0.05, 0) is 31.0 Å². The second-order valence-electron chi connectivity index (χ2n) is 5.13. The second-order valence-corrected chi connectivity index (χ2v) is 7.11. The van der Waals surface area contributed by atoms with Crippen LogP contribution in [0.25, 0.3) is 0 Å². The van der Waals surface area contributed by atoms with Crippen molar-refractivity contribution in [2.75, 3.05) is 24.2 Å². The van der Waals surface area contributed by atoms with Crippen LogP contribution in [0, 0.1) is 0 Å². The van der Waals surface area contributed by atoms with E-state index >= 15 is 0 Å². The largest absolute Gasteiger partial charge is 0.370 e. The third kappa shape index (κ3) is 3.88. The Balaban J connectivity index is 2.48. The van der Waals surface area contributed by atoms with Gasteiger partial charge in [-0.2, -0.15) is 4.99 Å². The lowest BCUT2D eigenvalue weighted by Gasteiger charge is -2.21. The molecular formula is C13H20N6O2S. The minimum atomic E-state index is -3.32. The predicted octanol–water partition coefficient (Wildman–Crippen LogP) is -0.0901. The normalized spacial score (nSPS) is 15.9. The number of benzene rings is 1. The van der Waals surface area contributed by atoms with E-state index in [1.54, 1.807) is 12.1 Å². The van der Waals surface area contributed by atoms with Gasteiger partial charge in [-0.15, -0.1) is 0 Å². The van der Waals surface area contributed by atoms with E-state index in [2.05, 4.69) is 9.98 Å². The minimum absolute atomic E-state index is 0.0838. The number of guanidine groups is 2. The zero-order valence-corrected chi connectivity index (χ0v) is 13.2. The van der Waals surface area contributed by atoms with E-state index in [0.717, 1.165) is 25.9 Å². The van der Waals surface area contributed by atoms with E-state index in [9.17, 15) is 8.42 Å². The predicted molar refractivity (Wildman–Crippen MR) is 88.1 cm³/mol. The molecule has 0 aliphatic carbocycles. The van der Waals surface area contributed by atoms with E-state index in [4.69, 9.17) is 17.2 Å². The van der Waals surface area contributed by atoms with Crippen LogP contribution in [0.1, 0.15) is 12.8 Å². The number of hydrogen-bond donors (Lipinski definition) is 3. The topological polar surface area (TPSA) is 140 Å². The smallest absolute Gasteiger partial charge is 0.223 e. The summed E-state index contributed by atoms with van der Waals surface area (Å²) in [5.41, 5.74) is 17.2. The van der Waals surface area contributed by atoms with E-state index < -0.39 is 9.84 Å². The highest BCUT2D eigenvalue weighted by molar-refractivity contribution is 7.90. The Bertz CT molecular complexity index is 716. The molecule has 2 rings (SSSR count). The molecule has 1 heterocycles. The summed E-state index contributed by atoms with van der Waals surface area (Å²) in [5.74, 6) is -0.270. The highest BCUT2D eigenvalue weighted by atomic mass is 32.2. The van der Waals surface area contributed by atoms with Crippen molar-refractivity contribution in [3.05, 3.63) is 18.2 Å². The number of anilines is 1. The van der Waals surface area contributed by atoms with E-state index in [0.29, 0.717) is 11.4 Å². The van der Waals surface area contributed by atoms with Gasteiger partial charge in [-0.3, -0.25) is 0 Å². The van der Waals surface area contributed by atoms with Crippen LogP contribution in [0.15, 0.2) is 33.1 Å². The molecule has 0 spiro atoms. The second kappa shape index (κ2) is 6.22. The average molecular weight is 324 g/mol. The molecule has 0 radical (unpaired) electrons. The first-order chi connectivity index (χ1) is 10.3. The van der Waals surface area contributed by atoms with Crippen LogP contribution in [0.4, 0.5) is 11.4 Å². The van der Waals surface area contributed by atoms with Crippen LogP contribution < -0.4 is 22.1 Å². The molecular weight excluding hydrogens is 304 g/mol. The third-order valence-corrected chi connectivity index (χ3v) is 4.42. The zero-order valence-electron chi connectivity index (χ0n) is 12.4. The van der Waals surface area contributed by atoms with Gasteiger partial charge in [0.25, 0.3) is 0 Å². The van der Waals surface area contributed by atoms with Crippen LogP contribution in [0.5, 0.6) is 0 Å². The Morgan fingerprint density at radius 2 is 1.82 bits per heavy atom. The van der Waals surface area contributed by atoms with Crippen LogP contribution in [0.2, 0.25) is 0 Å². The van der Waals surface area contributed by atoms with Crippen molar-refractivity contribution in [1.29, 1.82) is 0 Å². The minimum Gasteiger partial charge on any atom is -0.370 e. The van der Waals surface area contributed by atoms with Gasteiger partial charge in [0.05, 0.1) is 16.3 Å². The van der Waals surface area contributed by atoms with Crippen LogP contribution >= 0.6 is 0 Å². The van der Waals surface area contributed by atoms with Crippen molar-refractivity contribution in [3.8, 4) is 0 Å². The molecule has 0 amide bonds. The fourth-order valence-electron chi connectivity index (χ4n) is 2.38. The van der Waals surface area contributed by atoms with E-state index in [1.165, 1.54) is 12.3 Å². The molecule has 1 aliphatic heterocycles. The summed E-state index contributed by atoms with van der Waals surface area (Å²) in [7, 11) is -3.32. The van der Waals surface area contributed by atoms with Gasteiger partial charge in [0.15, 0.2) is 15.8 Å². The van der Waals surface area contributed by atoms with Gasteiger partial charge >= 0.3 is 0 Å². The van der Waals surface area contributed by atoms with Crippen molar-refractivity contribution in [1.82, 2.24) is 0 Å². The van der Waals surface area contributed by atoms with Crippen molar-refractivity contribution in [2.45, 2.75) is 17.7 Å². The zero-order chi connectivity index (χ0) is 16.3. The Kier molecular flexibility index (Phi) is 4.55. The molecule has 8 nitrogen and oxygen atoms in total. The number of nitrogens with zero attached hydrogens (tertiary/aromatic N) is 3. The van der Waals surface area contributed by atoms with Gasteiger partial charge in [-0.25, -0.2) is 13.4 Å². The van der Waals surface area contributed by atoms with E-state index in [1.807, 2.05) is 4.90 Å². The molecule has 0 saturated carbocycles. The Hall–Kier alpha value is -2.29. The number of rotatable bonds is 3. The Morgan fingerprint density at radius 3 is 2.36 bits per heavy atom. The quantitative estimate of drug-likeness (QED) is 0.524. The highest BCUT2D eigenvalue weighted by Crippen LogP contribution is 2.32. The molecule has 120 valence electrons. The van der Waals surface area contributed by atoms with Crippen molar-refractivity contribution < 1.29 is 8.42 Å². The van der Waals surface area contributed by atoms with E-state index in [-0.39, 0.29) is 16.8 Å². The lowest BCUT2D eigenvalue weighted by molar-refractivity contribution is 0.601. The molecule has 0 bridgehead atoms. The van der Waals surface area contributed by atoms with Crippen molar-refractivity contribution >= 4 is 33.1 Å². The summed E-state index contributed by atoms with van der Waals surface area (Å²) < 4.78 is 23.9. The monoisotopic (exact) mass is 324 g/mol. The van der Waals surface area contributed by atoms with Crippen molar-refractivity contribution in [3.63, 3.8) is 0 Å². The van der Waals surface area contributed by atoms with Gasteiger partial charge in [0.1, 0.15) is 0 Å². The summed E-state index contributed by atoms with van der Waals surface area (Å²) in [6, 6.07) is 4.80. The van der Waals surface area contributed by atoms with Gasteiger partial charge in [0.2, 0.25) is 5.96 Å². The number of aliphatic imine (C=N–C) groups is 2. The fourth-order valence-corrected chi connectivity index (χ4v) is 3.27. The molecule has 6 N–H and O–H groups in total. The molecule has 1 saturated heterocycles. The highest BCUT2D eigenvalue weighted by Gasteiger charge is 2.21. The first-order valence-corrected chi connectivity index (χ1v) is 8.69. The van der Waals surface area contributed by atoms with Crippen molar-refractivity contribution in [2.24, 2.45) is 27.2 Å². The van der Waals surface area contributed by atoms with Gasteiger partial charge in [0, 0.05) is 19.3 Å². The summed E-state index contributed by atoms with van der Waals surface area (Å²) in [5, 5.41) is 0. The molecule has 0 unspecified atom stereocenters. The molecule has 0 atom stereocenters. The average Bonchev–Trinajstić information content (AvgIpc) is 2.89. The molecule has 0 aromatic heterocycles. The first kappa shape index (κ1) is 16.1. The Morgan fingerprint density at radius 1 is 1.18 bits per heavy atom. The number of sulfone groups is 1. The van der Waals surface area contributed by atoms with Crippen LogP contribution in [0.3, 0.4) is 0 Å². The van der Waals surface area contributed by atoms with Gasteiger partial charge < -0.3 is 22.1 Å². The maximum atomic E-state index is 11.9. The third-order valence-electron chi connectivity index (χ3n) is 3.28. The lowest BCUT2D eigenvalue weighted by atomic mass is 10.2. The summed E-state index contributed by atoms with van der Waals surface area (Å²) in [6.45, 7) is 1.64. The van der Waals surface area contributed by atoms with Gasteiger partial charge in [-0.1, -0.05) is 0 Å². The number of hydrogen-bond acceptors (Lipinski definition) is 4. The first-order valence-electron chi connectivity index (χ1n) is 6.80. The maximum Gasteiger partial charge on any atom is 0.223 e. The lowest BCUT2D eigenvalue weighted by Crippen LogP contribution is -2.26. The summed E-state index contributed by atoms with van der Waals surface area (Å²) >= 11 is 0. The molecule has 1 fully saturated rings. The SMILES string of the molecule is CS(=O)(=O)c1ccc(N=C(N)N=C(N)N)cc1N1CCCC1. The standard InChI is InChI=1S/C13H20N6O2S/c1-22(20,21)11-5-4-9(17-13(16)18-12(14)15)8-10(11)19-6-2-3-7-19/h4-5,8H,2-3,6-7H2,1H3,(H6,14,15,16,17,18). The molecule has 9 heteroatoms. The fraction of sp³-hybridized carbons (Fsp3) is 0.385. The Labute approximate surface area is 129 Å². The summed E-state index contributed by atoms with van der Waals surface area (Å²) in [4.78, 5) is 10.0. The molecule has 1 aromatic carbocycles. The molecule has 1 aliphatic rings. The number of nitrogens with two attached hydrogens (primary N) is 3. The molecule has 22 heavy (non-hydrogen) atoms. The van der Waals surface area contributed by atoms with Crippen LogP contribution in [-0.2, 0) is 9.84 Å². The summed E-state index contributed by atoms with van der Waals surface area (Å²) in [6.07, 6.45) is 3.26. The maximum absolute atomic E-state index is 11.9. The van der Waals surface area contributed by atoms with Crippen LogP contribution in [-0.4, -0.2) is 39.7 Å². The molecule has 1 aromatic rings.